The van der Waals surface area contributed by atoms with Crippen molar-refractivity contribution in [2.75, 3.05) is 5.01 Å². The summed E-state index contributed by atoms with van der Waals surface area (Å²) < 4.78 is 22.3. The molecule has 3 rings (SSSR count). The van der Waals surface area contributed by atoms with Crippen LogP contribution in [0.25, 0.3) is 0 Å². The molecule has 0 saturated heterocycles. The summed E-state index contributed by atoms with van der Waals surface area (Å²) >= 11 is 13.1. The number of nitriles is 1. The highest BCUT2D eigenvalue weighted by atomic mass is 35.5. The van der Waals surface area contributed by atoms with Crippen molar-refractivity contribution in [1.29, 1.82) is 5.26 Å². The van der Waals surface area contributed by atoms with Gasteiger partial charge in [0.1, 0.15) is 6.07 Å². The lowest BCUT2D eigenvalue weighted by Crippen LogP contribution is -2.59. The number of aliphatic hydroxyl groups excluding tert-OH is 1. The molecule has 2 heterocycles. The predicted octanol–water partition coefficient (Wildman–Crippen LogP) is 4.90. The average Bonchev–Trinajstić information content (AvgIpc) is 2.94. The van der Waals surface area contributed by atoms with E-state index < -0.39 is 60.1 Å². The summed E-state index contributed by atoms with van der Waals surface area (Å²) in [6.45, 7) is 12.8. The third-order valence-corrected chi connectivity index (χ3v) is 6.89. The molecule has 1 amide bonds. The van der Waals surface area contributed by atoms with Crippen LogP contribution in [0.5, 0.6) is 11.6 Å². The molecule has 0 spiro atoms. The monoisotopic (exact) mass is 680 g/mol. The summed E-state index contributed by atoms with van der Waals surface area (Å²) in [5, 5.41) is 29.4. The Morgan fingerprint density at radius 3 is 2.09 bits per heavy atom. The Labute approximate surface area is 274 Å². The molecule has 17 heteroatoms. The summed E-state index contributed by atoms with van der Waals surface area (Å²) in [5.74, 6) is -2.63. The number of esters is 1. The SMILES string of the molecule is CC(C)OC(=O)OC(C)n1nc(Oc2c(Cl)cc(N3N=C(C#N)C(=O)N(C(C)OC(=O)C(C)C)C3O)cc2Cl)cc(C(C)C)c1=O. The zero-order valence-corrected chi connectivity index (χ0v) is 27.9. The van der Waals surface area contributed by atoms with Gasteiger partial charge in [0.05, 0.1) is 27.8 Å². The fraction of sp³-hybridized carbons (Fsp3) is 0.483. The van der Waals surface area contributed by atoms with E-state index in [0.717, 1.165) is 14.6 Å². The van der Waals surface area contributed by atoms with Gasteiger partial charge in [-0.25, -0.2) is 9.80 Å². The van der Waals surface area contributed by atoms with Gasteiger partial charge in [-0.3, -0.25) is 19.3 Å². The number of amides is 1. The van der Waals surface area contributed by atoms with Gasteiger partial charge >= 0.3 is 12.1 Å². The number of aromatic nitrogens is 2. The van der Waals surface area contributed by atoms with Crippen molar-refractivity contribution in [2.45, 2.75) is 86.2 Å². The first-order valence-corrected chi connectivity index (χ1v) is 14.9. The summed E-state index contributed by atoms with van der Waals surface area (Å²) in [5.41, 5.74) is -0.814. The quantitative estimate of drug-likeness (QED) is 0.335. The lowest BCUT2D eigenvalue weighted by atomic mass is 10.1. The van der Waals surface area contributed by atoms with Crippen LogP contribution in [-0.4, -0.2) is 62.2 Å². The van der Waals surface area contributed by atoms with Crippen LogP contribution in [0.2, 0.25) is 10.0 Å². The zero-order chi connectivity index (χ0) is 34.6. The Morgan fingerprint density at radius 2 is 1.57 bits per heavy atom. The summed E-state index contributed by atoms with van der Waals surface area (Å²) in [7, 11) is 0. The molecule has 1 aromatic heterocycles. The van der Waals surface area contributed by atoms with Gasteiger partial charge in [0.25, 0.3) is 11.5 Å². The molecule has 3 unspecified atom stereocenters. The zero-order valence-electron chi connectivity index (χ0n) is 26.3. The Bertz CT molecular complexity index is 1610. The van der Waals surface area contributed by atoms with E-state index in [4.69, 9.17) is 42.1 Å². The lowest BCUT2D eigenvalue weighted by molar-refractivity contribution is -0.177. The van der Waals surface area contributed by atoms with Gasteiger partial charge in [0, 0.05) is 11.6 Å². The fourth-order valence-corrected chi connectivity index (χ4v) is 4.58. The first kappa shape index (κ1) is 36.1. The maximum absolute atomic E-state index is 13.1. The van der Waals surface area contributed by atoms with Gasteiger partial charge < -0.3 is 24.1 Å². The first-order chi connectivity index (χ1) is 21.5. The second kappa shape index (κ2) is 14.8. The van der Waals surface area contributed by atoms with Crippen molar-refractivity contribution in [2.24, 2.45) is 11.0 Å². The van der Waals surface area contributed by atoms with Gasteiger partial charge in [-0.1, -0.05) is 50.9 Å². The van der Waals surface area contributed by atoms with E-state index in [1.165, 1.54) is 32.0 Å². The van der Waals surface area contributed by atoms with Gasteiger partial charge in [0.2, 0.25) is 17.9 Å². The van der Waals surface area contributed by atoms with E-state index in [9.17, 15) is 29.5 Å². The molecule has 1 aliphatic heterocycles. The van der Waals surface area contributed by atoms with Gasteiger partial charge in [-0.15, -0.1) is 5.10 Å². The van der Waals surface area contributed by atoms with Gasteiger partial charge in [-0.2, -0.15) is 15.0 Å². The number of nitrogens with zero attached hydrogens (tertiary/aromatic N) is 6. The number of carbonyl (C=O) groups is 3. The number of benzene rings is 1. The minimum Gasteiger partial charge on any atom is -0.441 e. The first-order valence-electron chi connectivity index (χ1n) is 14.1. The van der Waals surface area contributed by atoms with Gasteiger partial charge in [0.15, 0.2) is 18.2 Å². The average molecular weight is 682 g/mol. The van der Waals surface area contributed by atoms with E-state index in [1.807, 2.05) is 0 Å². The van der Waals surface area contributed by atoms with Crippen molar-refractivity contribution < 1.29 is 38.4 Å². The van der Waals surface area contributed by atoms with Crippen LogP contribution in [-0.2, 0) is 23.8 Å². The minimum absolute atomic E-state index is 0.0361. The number of carbonyl (C=O) groups excluding carboxylic acids is 3. The van der Waals surface area contributed by atoms with Crippen LogP contribution in [0.3, 0.4) is 0 Å². The second-order valence-corrected chi connectivity index (χ2v) is 11.8. The molecule has 15 nitrogen and oxygen atoms in total. The normalized spacial score (nSPS) is 16.2. The standard InChI is InChI=1S/C29H34Cl2N6O9/c1-13(2)19-11-23(34-36(25(19)38)17(8)45-29(42)43-15(5)6)46-24-20(30)9-18(10-21(24)31)37-28(41)35(26(39)22(12-32)33-37)16(7)44-27(40)14(3)4/h9-11,13-17,28,41H,1-8H3. The fourth-order valence-electron chi connectivity index (χ4n) is 4.03. The number of halogens is 2. The molecule has 0 fully saturated rings. The molecule has 2 aromatic rings. The molecule has 1 aliphatic rings. The number of ether oxygens (including phenoxy) is 4. The van der Waals surface area contributed by atoms with Crippen LogP contribution in [0.15, 0.2) is 28.1 Å². The van der Waals surface area contributed by atoms with E-state index in [1.54, 1.807) is 47.6 Å². The van der Waals surface area contributed by atoms with Crippen molar-refractivity contribution >= 4 is 52.6 Å². The summed E-state index contributed by atoms with van der Waals surface area (Å²) in [4.78, 5) is 51.0. The third kappa shape index (κ3) is 8.06. The molecule has 0 aliphatic carbocycles. The maximum Gasteiger partial charge on any atom is 0.510 e. The largest absolute Gasteiger partial charge is 0.510 e. The van der Waals surface area contributed by atoms with Gasteiger partial charge in [-0.05, 0) is 45.7 Å². The molecule has 0 saturated carbocycles. The minimum atomic E-state index is -1.83. The van der Waals surface area contributed by atoms with Crippen LogP contribution >= 0.6 is 23.2 Å². The van der Waals surface area contributed by atoms with E-state index in [0.29, 0.717) is 0 Å². The second-order valence-electron chi connectivity index (χ2n) is 11.0. The highest BCUT2D eigenvalue weighted by molar-refractivity contribution is 6.45. The number of hydrogen-bond donors (Lipinski definition) is 1. The highest BCUT2D eigenvalue weighted by Gasteiger charge is 2.41. The van der Waals surface area contributed by atoms with E-state index in [-0.39, 0.29) is 38.8 Å². The number of hydrazone groups is 1. The summed E-state index contributed by atoms with van der Waals surface area (Å²) in [6, 6.07) is 5.63. The Morgan fingerprint density at radius 1 is 0.957 bits per heavy atom. The smallest absolute Gasteiger partial charge is 0.441 e. The van der Waals surface area contributed by atoms with Crippen LogP contribution < -0.4 is 15.3 Å². The molecule has 1 N–H and O–H groups in total. The molecular weight excluding hydrogens is 647 g/mol. The molecule has 46 heavy (non-hydrogen) atoms. The van der Waals surface area contributed by atoms with E-state index >= 15 is 0 Å². The van der Waals surface area contributed by atoms with Crippen molar-refractivity contribution in [3.05, 3.63) is 44.2 Å². The van der Waals surface area contributed by atoms with E-state index in [2.05, 4.69) is 10.2 Å². The van der Waals surface area contributed by atoms with Crippen LogP contribution in [0.1, 0.15) is 73.1 Å². The molecule has 1 aromatic carbocycles. The Kier molecular flexibility index (Phi) is 11.6. The predicted molar refractivity (Wildman–Crippen MR) is 165 cm³/mol. The Hall–Kier alpha value is -4.39. The lowest BCUT2D eigenvalue weighted by Gasteiger charge is -2.40. The molecule has 3 atom stereocenters. The number of aliphatic hydroxyl groups is 1. The molecular formula is C29H34Cl2N6O9. The third-order valence-electron chi connectivity index (χ3n) is 6.33. The van der Waals surface area contributed by atoms with Crippen LogP contribution in [0.4, 0.5) is 10.5 Å². The molecule has 248 valence electrons. The highest BCUT2D eigenvalue weighted by Crippen LogP contribution is 2.40. The number of hydrogen-bond acceptors (Lipinski definition) is 13. The number of rotatable bonds is 10. The number of anilines is 1. The van der Waals surface area contributed by atoms with Crippen molar-refractivity contribution in [1.82, 2.24) is 14.7 Å². The van der Waals surface area contributed by atoms with Crippen molar-refractivity contribution in [3.8, 4) is 17.7 Å². The van der Waals surface area contributed by atoms with Crippen LogP contribution in [0, 0.1) is 17.2 Å². The summed E-state index contributed by atoms with van der Waals surface area (Å²) in [6.07, 6.45) is -5.72. The maximum atomic E-state index is 13.1. The topological polar surface area (TPSA) is 186 Å². The van der Waals surface area contributed by atoms with Crippen molar-refractivity contribution in [3.63, 3.8) is 0 Å². The Balaban J connectivity index is 1.99. The molecule has 0 radical (unpaired) electrons. The molecule has 0 bridgehead atoms.